The summed E-state index contributed by atoms with van der Waals surface area (Å²) in [5.74, 6) is 0.566. The van der Waals surface area contributed by atoms with Crippen LogP contribution in [-0.4, -0.2) is 60.2 Å². The molecule has 1 spiro atoms. The van der Waals surface area contributed by atoms with Gasteiger partial charge in [-0.3, -0.25) is 9.88 Å². The number of alkyl halides is 3. The molecule has 1 N–H and O–H groups in total. The van der Waals surface area contributed by atoms with Crippen molar-refractivity contribution in [3.63, 3.8) is 0 Å². The molecule has 0 aliphatic carbocycles. The highest BCUT2D eigenvalue weighted by Gasteiger charge is 2.44. The van der Waals surface area contributed by atoms with Crippen LogP contribution in [-0.2, 0) is 18.1 Å². The molecule has 5 heterocycles. The van der Waals surface area contributed by atoms with E-state index >= 15 is 0 Å². The van der Waals surface area contributed by atoms with E-state index in [1.54, 1.807) is 12.3 Å². The molecule has 3 aliphatic heterocycles. The quantitative estimate of drug-likeness (QED) is 0.365. The zero-order chi connectivity index (χ0) is 28.6. The number of hydrogen-bond donors (Lipinski definition) is 1. The van der Waals surface area contributed by atoms with Crippen molar-refractivity contribution in [3.8, 4) is 17.1 Å². The second-order valence-corrected chi connectivity index (χ2v) is 11.8. The van der Waals surface area contributed by atoms with E-state index in [0.29, 0.717) is 31.6 Å². The van der Waals surface area contributed by atoms with Crippen molar-refractivity contribution < 1.29 is 17.9 Å². The third-order valence-electron chi connectivity index (χ3n) is 8.74. The average Bonchev–Trinajstić information content (AvgIpc) is 3.46. The van der Waals surface area contributed by atoms with Gasteiger partial charge in [-0.15, -0.1) is 0 Å². The van der Waals surface area contributed by atoms with Gasteiger partial charge in [-0.2, -0.15) is 13.2 Å². The number of anilines is 1. The third-order valence-corrected chi connectivity index (χ3v) is 8.97. The summed E-state index contributed by atoms with van der Waals surface area (Å²) in [5.41, 5.74) is 3.28. The van der Waals surface area contributed by atoms with E-state index in [9.17, 15) is 13.2 Å². The van der Waals surface area contributed by atoms with E-state index in [0.717, 1.165) is 68.5 Å². The molecular weight excluding hydrogens is 551 g/mol. The number of piperidine rings is 1. The summed E-state index contributed by atoms with van der Waals surface area (Å²) in [7, 11) is 0. The Morgan fingerprint density at radius 3 is 2.71 bits per heavy atom. The monoisotopic (exact) mass is 585 g/mol. The lowest BCUT2D eigenvalue weighted by Gasteiger charge is -2.49. The van der Waals surface area contributed by atoms with Crippen molar-refractivity contribution in [1.29, 1.82) is 0 Å². The first-order valence-electron chi connectivity index (χ1n) is 14.4. The molecule has 41 heavy (non-hydrogen) atoms. The summed E-state index contributed by atoms with van der Waals surface area (Å²) in [6.07, 6.45) is 1.07. The standard InChI is InChI=1S/C31H35ClF3N5O/c1-2-41-29-23(6-4-14-37-29)26-9-8-24-27(38-26)19-39(18-22-5-3-13-36-22)20-30(24)11-15-40(16-12-30)28-10-7-21(32)17-25(28)31(33,34)35/h4,6-10,14,17,22,36H,2-3,5,11-13,15-16,18-20H2,1H3/t22-/m1/s1. The first-order chi connectivity index (χ1) is 19.8. The van der Waals surface area contributed by atoms with Crippen LogP contribution in [0.1, 0.15) is 49.4 Å². The average molecular weight is 586 g/mol. The molecule has 10 heteroatoms. The Morgan fingerprint density at radius 2 is 1.98 bits per heavy atom. The van der Waals surface area contributed by atoms with Crippen molar-refractivity contribution in [2.24, 2.45) is 0 Å². The maximum atomic E-state index is 13.9. The fraction of sp³-hybridized carbons (Fsp3) is 0.484. The highest BCUT2D eigenvalue weighted by molar-refractivity contribution is 6.30. The molecule has 6 rings (SSSR count). The molecule has 1 aromatic carbocycles. The number of nitrogens with one attached hydrogen (secondary N) is 1. The van der Waals surface area contributed by atoms with Gasteiger partial charge in [0.2, 0.25) is 5.88 Å². The molecule has 2 fully saturated rings. The van der Waals surface area contributed by atoms with Crippen LogP contribution in [0.25, 0.3) is 11.3 Å². The van der Waals surface area contributed by atoms with Gasteiger partial charge >= 0.3 is 6.18 Å². The molecule has 0 radical (unpaired) electrons. The Kier molecular flexibility index (Phi) is 7.87. The van der Waals surface area contributed by atoms with Gasteiger partial charge in [0.1, 0.15) is 0 Å². The zero-order valence-corrected chi connectivity index (χ0v) is 23.9. The SMILES string of the molecule is CCOc1ncccc1-c1ccc2c(n1)CN(C[C@H]1CCCN1)CC21CCN(c2ccc(Cl)cc2C(F)(F)F)CC1. The van der Waals surface area contributed by atoms with E-state index in [1.807, 2.05) is 30.0 Å². The van der Waals surface area contributed by atoms with Crippen LogP contribution in [0.15, 0.2) is 48.7 Å². The van der Waals surface area contributed by atoms with Gasteiger partial charge < -0.3 is 15.0 Å². The number of halogens is 4. The van der Waals surface area contributed by atoms with Crippen molar-refractivity contribution in [2.75, 3.05) is 44.2 Å². The molecule has 6 nitrogen and oxygen atoms in total. The van der Waals surface area contributed by atoms with Gasteiger partial charge in [0.15, 0.2) is 0 Å². The molecule has 2 aromatic heterocycles. The number of aromatic nitrogens is 2. The Bertz CT molecular complexity index is 1390. The molecule has 1 atom stereocenters. The molecule has 0 bridgehead atoms. The van der Waals surface area contributed by atoms with Crippen LogP contribution in [0.5, 0.6) is 5.88 Å². The smallest absolute Gasteiger partial charge is 0.418 e. The molecule has 0 amide bonds. The number of benzene rings is 1. The van der Waals surface area contributed by atoms with Crippen LogP contribution in [0.2, 0.25) is 5.02 Å². The Balaban J connectivity index is 1.32. The van der Waals surface area contributed by atoms with Crippen molar-refractivity contribution in [2.45, 2.75) is 56.8 Å². The van der Waals surface area contributed by atoms with Crippen LogP contribution in [0, 0.1) is 0 Å². The summed E-state index contributed by atoms with van der Waals surface area (Å²) >= 11 is 5.96. The predicted molar refractivity (Wildman–Crippen MR) is 155 cm³/mol. The van der Waals surface area contributed by atoms with Gasteiger partial charge in [-0.25, -0.2) is 4.98 Å². The van der Waals surface area contributed by atoms with Gasteiger partial charge in [-0.1, -0.05) is 17.7 Å². The largest absolute Gasteiger partial charge is 0.477 e. The van der Waals surface area contributed by atoms with Gasteiger partial charge in [0.05, 0.1) is 29.1 Å². The maximum absolute atomic E-state index is 13.9. The minimum absolute atomic E-state index is 0.0925. The first-order valence-corrected chi connectivity index (χ1v) is 14.8. The van der Waals surface area contributed by atoms with Gasteiger partial charge in [0, 0.05) is 61.1 Å². The molecule has 0 unspecified atom stereocenters. The highest BCUT2D eigenvalue weighted by Crippen LogP contribution is 2.45. The molecular formula is C31H35ClF3N5O. The summed E-state index contributed by atoms with van der Waals surface area (Å²) in [6.45, 7) is 7.09. The van der Waals surface area contributed by atoms with Crippen molar-refractivity contribution in [3.05, 3.63) is 70.5 Å². The lowest BCUT2D eigenvalue weighted by molar-refractivity contribution is -0.137. The summed E-state index contributed by atoms with van der Waals surface area (Å²) in [6, 6.07) is 12.6. The van der Waals surface area contributed by atoms with E-state index in [-0.39, 0.29) is 16.1 Å². The number of fused-ring (bicyclic) bond motifs is 2. The second kappa shape index (κ2) is 11.4. The zero-order valence-electron chi connectivity index (χ0n) is 23.2. The minimum atomic E-state index is -4.47. The summed E-state index contributed by atoms with van der Waals surface area (Å²) in [5, 5.41) is 3.71. The lowest BCUT2D eigenvalue weighted by Crippen LogP contribution is -2.54. The second-order valence-electron chi connectivity index (χ2n) is 11.4. The fourth-order valence-electron chi connectivity index (χ4n) is 6.84. The highest BCUT2D eigenvalue weighted by atomic mass is 35.5. The van der Waals surface area contributed by atoms with Crippen molar-refractivity contribution >= 4 is 17.3 Å². The maximum Gasteiger partial charge on any atom is 0.418 e. The minimum Gasteiger partial charge on any atom is -0.477 e. The number of nitrogens with zero attached hydrogens (tertiary/aromatic N) is 4. The molecule has 0 saturated carbocycles. The topological polar surface area (TPSA) is 53.5 Å². The predicted octanol–water partition coefficient (Wildman–Crippen LogP) is 6.32. The van der Waals surface area contributed by atoms with Crippen LogP contribution < -0.4 is 15.0 Å². The van der Waals surface area contributed by atoms with Crippen LogP contribution in [0.3, 0.4) is 0 Å². The number of rotatable bonds is 6. The Morgan fingerprint density at radius 1 is 1.15 bits per heavy atom. The summed E-state index contributed by atoms with van der Waals surface area (Å²) in [4.78, 5) is 14.0. The Hall–Kier alpha value is -2.88. The van der Waals surface area contributed by atoms with Gasteiger partial charge in [0.25, 0.3) is 0 Å². The van der Waals surface area contributed by atoms with Crippen LogP contribution >= 0.6 is 11.6 Å². The molecule has 3 aromatic rings. The van der Waals surface area contributed by atoms with E-state index in [4.69, 9.17) is 21.3 Å². The third kappa shape index (κ3) is 5.76. The number of hydrogen-bond acceptors (Lipinski definition) is 6. The van der Waals surface area contributed by atoms with Gasteiger partial charge in [-0.05, 0) is 81.1 Å². The molecule has 3 aliphatic rings. The lowest BCUT2D eigenvalue weighted by atomic mass is 9.69. The van der Waals surface area contributed by atoms with E-state index in [2.05, 4.69) is 21.3 Å². The van der Waals surface area contributed by atoms with Crippen LogP contribution in [0.4, 0.5) is 18.9 Å². The van der Waals surface area contributed by atoms with E-state index < -0.39 is 11.7 Å². The fourth-order valence-corrected chi connectivity index (χ4v) is 7.01. The van der Waals surface area contributed by atoms with E-state index in [1.165, 1.54) is 18.1 Å². The first kappa shape index (κ1) is 28.2. The molecule has 2 saturated heterocycles. The molecule has 218 valence electrons. The number of ether oxygens (including phenoxy) is 1. The normalized spacial score (nSPS) is 20.8. The number of pyridine rings is 2. The summed E-state index contributed by atoms with van der Waals surface area (Å²) < 4.78 is 47.5. The van der Waals surface area contributed by atoms with Crippen molar-refractivity contribution in [1.82, 2.24) is 20.2 Å². The Labute approximate surface area is 243 Å².